The number of ether oxygens (including phenoxy) is 3. The summed E-state index contributed by atoms with van der Waals surface area (Å²) in [5.41, 5.74) is 2.56. The summed E-state index contributed by atoms with van der Waals surface area (Å²) in [7, 11) is 0. The van der Waals surface area contributed by atoms with E-state index in [-0.39, 0.29) is 24.8 Å². The van der Waals surface area contributed by atoms with Gasteiger partial charge in [0.05, 0.1) is 0 Å². The van der Waals surface area contributed by atoms with Crippen molar-refractivity contribution >= 4 is 24.8 Å². The van der Waals surface area contributed by atoms with Crippen LogP contribution < -0.4 is 14.2 Å². The number of fused-ring (bicyclic) bond motifs is 1. The Bertz CT molecular complexity index is 814. The average Bonchev–Trinajstić information content (AvgIpc) is 3.23. The molecule has 0 amide bonds. The number of β-amino-alcohol motifs (C(OH)–C–C–N with tert-alkyl or cyclic N) is 1. The van der Waals surface area contributed by atoms with E-state index < -0.39 is 6.10 Å². The molecule has 2 aliphatic rings. The van der Waals surface area contributed by atoms with Gasteiger partial charge in [-0.3, -0.25) is 9.80 Å². The average molecular weight is 485 g/mol. The Labute approximate surface area is 203 Å². The fourth-order valence-corrected chi connectivity index (χ4v) is 4.01. The van der Waals surface area contributed by atoms with Crippen LogP contribution in [0.1, 0.15) is 24.5 Å². The Kier molecular flexibility index (Phi) is 10.9. The molecule has 0 aromatic heterocycles. The Morgan fingerprint density at radius 3 is 2.28 bits per heavy atom. The van der Waals surface area contributed by atoms with Gasteiger partial charge in [0, 0.05) is 39.3 Å². The number of hydrogen-bond acceptors (Lipinski definition) is 6. The second-order valence-electron chi connectivity index (χ2n) is 8.12. The van der Waals surface area contributed by atoms with Gasteiger partial charge in [-0.05, 0) is 41.8 Å². The Hall–Kier alpha value is -1.70. The molecular formula is C24H34Cl2N2O4. The molecule has 1 atom stereocenters. The van der Waals surface area contributed by atoms with E-state index in [0.29, 0.717) is 19.9 Å². The topological polar surface area (TPSA) is 54.4 Å². The van der Waals surface area contributed by atoms with Crippen LogP contribution in [0.4, 0.5) is 0 Å². The van der Waals surface area contributed by atoms with Crippen molar-refractivity contribution in [3.8, 4) is 17.2 Å². The van der Waals surface area contributed by atoms with Crippen LogP contribution in [0, 0.1) is 0 Å². The van der Waals surface area contributed by atoms with Gasteiger partial charge in [-0.15, -0.1) is 24.8 Å². The fourth-order valence-electron chi connectivity index (χ4n) is 4.01. The highest BCUT2D eigenvalue weighted by molar-refractivity contribution is 5.85. The lowest BCUT2D eigenvalue weighted by molar-refractivity contribution is 0.0446. The quantitative estimate of drug-likeness (QED) is 0.584. The van der Waals surface area contributed by atoms with Gasteiger partial charge in [-0.25, -0.2) is 0 Å². The minimum atomic E-state index is -0.485. The summed E-state index contributed by atoms with van der Waals surface area (Å²) < 4.78 is 16.6. The molecule has 178 valence electrons. The molecule has 2 aromatic carbocycles. The molecule has 0 spiro atoms. The summed E-state index contributed by atoms with van der Waals surface area (Å²) in [5.74, 6) is 2.49. The Balaban J connectivity index is 0.00000181. The first-order chi connectivity index (χ1) is 14.7. The molecule has 0 bridgehead atoms. The number of piperazine rings is 1. The molecule has 8 heteroatoms. The molecule has 32 heavy (non-hydrogen) atoms. The highest BCUT2D eigenvalue weighted by Crippen LogP contribution is 2.32. The van der Waals surface area contributed by atoms with Gasteiger partial charge in [0.1, 0.15) is 18.5 Å². The normalized spacial score (nSPS) is 16.7. The molecule has 0 radical (unpaired) electrons. The lowest BCUT2D eigenvalue weighted by Gasteiger charge is -2.35. The predicted octanol–water partition coefficient (Wildman–Crippen LogP) is 3.77. The maximum atomic E-state index is 10.4. The van der Waals surface area contributed by atoms with Crippen molar-refractivity contribution < 1.29 is 19.3 Å². The summed E-state index contributed by atoms with van der Waals surface area (Å²) in [6.07, 6.45) is 1.74. The molecule has 4 rings (SSSR count). The van der Waals surface area contributed by atoms with Crippen molar-refractivity contribution in [1.82, 2.24) is 9.80 Å². The molecule has 0 aliphatic carbocycles. The fraction of sp³-hybridized carbons (Fsp3) is 0.500. The van der Waals surface area contributed by atoms with Crippen molar-refractivity contribution in [3.63, 3.8) is 0 Å². The zero-order valence-corrected chi connectivity index (χ0v) is 20.2. The van der Waals surface area contributed by atoms with Crippen molar-refractivity contribution in [1.29, 1.82) is 0 Å². The molecular weight excluding hydrogens is 451 g/mol. The monoisotopic (exact) mass is 484 g/mol. The highest BCUT2D eigenvalue weighted by atomic mass is 35.5. The van der Waals surface area contributed by atoms with E-state index in [1.165, 1.54) is 11.1 Å². The lowest BCUT2D eigenvalue weighted by atomic mass is 10.1. The van der Waals surface area contributed by atoms with Crippen LogP contribution in [-0.4, -0.2) is 67.1 Å². The van der Waals surface area contributed by atoms with E-state index in [4.69, 9.17) is 14.2 Å². The maximum Gasteiger partial charge on any atom is 0.231 e. The zero-order valence-electron chi connectivity index (χ0n) is 18.6. The van der Waals surface area contributed by atoms with Gasteiger partial charge in [-0.2, -0.15) is 0 Å². The molecule has 1 unspecified atom stereocenters. The number of aliphatic hydroxyl groups excluding tert-OH is 1. The predicted molar refractivity (Wildman–Crippen MR) is 131 cm³/mol. The SMILES string of the molecule is CCCc1ccc(OCC(O)CN2CCN(Cc3ccc4c(c3)OCO4)CC2)cc1.Cl.Cl. The lowest BCUT2D eigenvalue weighted by Crippen LogP contribution is -2.48. The van der Waals surface area contributed by atoms with Crippen molar-refractivity contribution in [2.24, 2.45) is 0 Å². The molecule has 0 saturated carbocycles. The molecule has 1 fully saturated rings. The first-order valence-corrected chi connectivity index (χ1v) is 10.9. The van der Waals surface area contributed by atoms with E-state index in [2.05, 4.69) is 41.0 Å². The zero-order chi connectivity index (χ0) is 20.8. The number of nitrogens with zero attached hydrogens (tertiary/aromatic N) is 2. The van der Waals surface area contributed by atoms with Gasteiger partial charge in [-0.1, -0.05) is 31.5 Å². The second kappa shape index (κ2) is 13.1. The number of benzene rings is 2. The van der Waals surface area contributed by atoms with Crippen LogP contribution in [0.15, 0.2) is 42.5 Å². The first-order valence-electron chi connectivity index (χ1n) is 10.9. The number of aliphatic hydroxyl groups is 1. The number of aryl methyl sites for hydroxylation is 1. The largest absolute Gasteiger partial charge is 0.491 e. The standard InChI is InChI=1S/C24H32N2O4.2ClH/c1-2-3-19-4-7-22(8-5-19)28-17-21(27)16-26-12-10-25(11-13-26)15-20-6-9-23-24(14-20)30-18-29-23;;/h4-9,14,21,27H,2-3,10-13,15-18H2,1H3;2*1H. The number of halogens is 2. The van der Waals surface area contributed by atoms with Crippen LogP contribution in [-0.2, 0) is 13.0 Å². The third-order valence-electron chi connectivity index (χ3n) is 5.68. The minimum Gasteiger partial charge on any atom is -0.491 e. The number of hydrogen-bond donors (Lipinski definition) is 1. The van der Waals surface area contributed by atoms with E-state index in [1.807, 2.05) is 18.2 Å². The van der Waals surface area contributed by atoms with Crippen LogP contribution in [0.2, 0.25) is 0 Å². The van der Waals surface area contributed by atoms with Crippen molar-refractivity contribution in [2.45, 2.75) is 32.4 Å². The molecule has 2 aromatic rings. The molecule has 6 nitrogen and oxygen atoms in total. The van der Waals surface area contributed by atoms with E-state index in [1.54, 1.807) is 0 Å². The van der Waals surface area contributed by atoms with Gasteiger partial charge < -0.3 is 19.3 Å². The third kappa shape index (κ3) is 7.42. The van der Waals surface area contributed by atoms with Crippen LogP contribution in [0.3, 0.4) is 0 Å². The molecule has 2 heterocycles. The molecule has 1 N–H and O–H groups in total. The Morgan fingerprint density at radius 1 is 0.906 bits per heavy atom. The molecule has 1 saturated heterocycles. The highest BCUT2D eigenvalue weighted by Gasteiger charge is 2.21. The van der Waals surface area contributed by atoms with E-state index in [0.717, 1.165) is 62.8 Å². The summed E-state index contributed by atoms with van der Waals surface area (Å²) in [5, 5.41) is 10.4. The first kappa shape index (κ1) is 26.6. The van der Waals surface area contributed by atoms with Gasteiger partial charge in [0.15, 0.2) is 11.5 Å². The molecule has 2 aliphatic heterocycles. The van der Waals surface area contributed by atoms with Gasteiger partial charge in [0.25, 0.3) is 0 Å². The van der Waals surface area contributed by atoms with Crippen LogP contribution in [0.5, 0.6) is 17.2 Å². The third-order valence-corrected chi connectivity index (χ3v) is 5.68. The van der Waals surface area contributed by atoms with E-state index in [9.17, 15) is 5.11 Å². The number of rotatable bonds is 9. The van der Waals surface area contributed by atoms with Crippen molar-refractivity contribution in [3.05, 3.63) is 53.6 Å². The van der Waals surface area contributed by atoms with Gasteiger partial charge >= 0.3 is 0 Å². The summed E-state index contributed by atoms with van der Waals surface area (Å²) >= 11 is 0. The summed E-state index contributed by atoms with van der Waals surface area (Å²) in [6.45, 7) is 8.24. The smallest absolute Gasteiger partial charge is 0.231 e. The van der Waals surface area contributed by atoms with Crippen LogP contribution in [0.25, 0.3) is 0 Å². The second-order valence-corrected chi connectivity index (χ2v) is 8.12. The summed E-state index contributed by atoms with van der Waals surface area (Å²) in [6, 6.07) is 14.4. The maximum absolute atomic E-state index is 10.4. The van der Waals surface area contributed by atoms with Crippen molar-refractivity contribution in [2.75, 3.05) is 46.1 Å². The minimum absolute atomic E-state index is 0. The summed E-state index contributed by atoms with van der Waals surface area (Å²) in [4.78, 5) is 4.75. The van der Waals surface area contributed by atoms with Gasteiger partial charge in [0.2, 0.25) is 6.79 Å². The Morgan fingerprint density at radius 2 is 1.56 bits per heavy atom. The van der Waals surface area contributed by atoms with Crippen LogP contribution >= 0.6 is 24.8 Å². The van der Waals surface area contributed by atoms with E-state index >= 15 is 0 Å².